The Hall–Kier alpha value is -2.11. The van der Waals surface area contributed by atoms with Gasteiger partial charge >= 0.3 is 0 Å². The van der Waals surface area contributed by atoms with Crippen molar-refractivity contribution in [1.29, 1.82) is 0 Å². The Kier molecular flexibility index (Phi) is 5.67. The Bertz CT molecular complexity index is 640. The molecule has 24 heavy (non-hydrogen) atoms. The second-order valence-electron chi connectivity index (χ2n) is 5.91. The van der Waals surface area contributed by atoms with Crippen molar-refractivity contribution in [3.8, 4) is 11.5 Å². The van der Waals surface area contributed by atoms with Gasteiger partial charge in [0.25, 0.3) is 0 Å². The average Bonchev–Trinajstić information content (AvgIpc) is 2.92. The molecule has 1 N–H and O–H groups in total. The Morgan fingerprint density at radius 1 is 1.04 bits per heavy atom. The van der Waals surface area contributed by atoms with Crippen molar-refractivity contribution in [3.05, 3.63) is 53.9 Å². The molecule has 1 aliphatic heterocycles. The summed E-state index contributed by atoms with van der Waals surface area (Å²) in [4.78, 5) is 6.68. The van der Waals surface area contributed by atoms with E-state index in [0.29, 0.717) is 0 Å². The number of hydrogen-bond acceptors (Lipinski definition) is 5. The smallest absolute Gasteiger partial charge is 0.165 e. The van der Waals surface area contributed by atoms with Gasteiger partial charge in [0.15, 0.2) is 11.5 Å². The first-order chi connectivity index (χ1) is 11.8. The molecular weight excluding hydrogens is 302 g/mol. The van der Waals surface area contributed by atoms with E-state index in [2.05, 4.69) is 33.4 Å². The predicted molar refractivity (Wildman–Crippen MR) is 94.7 cm³/mol. The predicted octanol–water partition coefficient (Wildman–Crippen LogP) is 2.48. The van der Waals surface area contributed by atoms with Gasteiger partial charge < -0.3 is 14.8 Å². The number of ether oxygens (including phenoxy) is 2. The molecule has 0 spiro atoms. The van der Waals surface area contributed by atoms with Gasteiger partial charge in [-0.25, -0.2) is 0 Å². The second-order valence-corrected chi connectivity index (χ2v) is 5.91. The molecule has 128 valence electrons. The minimum Gasteiger partial charge on any atom is -0.493 e. The first-order valence-electron chi connectivity index (χ1n) is 8.40. The molecule has 1 saturated heterocycles. The molecule has 2 aromatic rings. The van der Waals surface area contributed by atoms with Gasteiger partial charge in [-0.15, -0.1) is 0 Å². The van der Waals surface area contributed by atoms with Crippen LogP contribution in [0.4, 0.5) is 0 Å². The standard InChI is InChI=1S/C19H25N3O2/c1-23-17-6-3-5-16(19(17)24-2)18(15-7-10-21-11-8-15)22-13-4-9-20-12-14-22/h3,5-8,10-11,18,20H,4,9,12-14H2,1-2H3. The third-order valence-corrected chi connectivity index (χ3v) is 4.49. The Balaban J connectivity index is 2.08. The van der Waals surface area contributed by atoms with E-state index in [1.54, 1.807) is 14.2 Å². The topological polar surface area (TPSA) is 46.6 Å². The van der Waals surface area contributed by atoms with Crippen LogP contribution in [0.25, 0.3) is 0 Å². The molecule has 1 atom stereocenters. The summed E-state index contributed by atoms with van der Waals surface area (Å²) in [7, 11) is 3.38. The quantitative estimate of drug-likeness (QED) is 0.914. The van der Waals surface area contributed by atoms with Crippen molar-refractivity contribution >= 4 is 0 Å². The van der Waals surface area contributed by atoms with Crippen molar-refractivity contribution in [3.63, 3.8) is 0 Å². The highest BCUT2D eigenvalue weighted by atomic mass is 16.5. The van der Waals surface area contributed by atoms with Crippen LogP contribution < -0.4 is 14.8 Å². The van der Waals surface area contributed by atoms with Crippen LogP contribution >= 0.6 is 0 Å². The number of rotatable bonds is 5. The largest absolute Gasteiger partial charge is 0.493 e. The van der Waals surface area contributed by atoms with Crippen LogP contribution in [0, 0.1) is 0 Å². The molecule has 1 aliphatic rings. The lowest BCUT2D eigenvalue weighted by atomic mass is 9.96. The zero-order valence-corrected chi connectivity index (χ0v) is 14.4. The minimum absolute atomic E-state index is 0.123. The number of nitrogens with zero attached hydrogens (tertiary/aromatic N) is 2. The first kappa shape index (κ1) is 16.7. The molecule has 1 aromatic heterocycles. The lowest BCUT2D eigenvalue weighted by Crippen LogP contribution is -2.33. The van der Waals surface area contributed by atoms with Gasteiger partial charge in [-0.1, -0.05) is 12.1 Å². The van der Waals surface area contributed by atoms with Gasteiger partial charge in [-0.05, 0) is 36.7 Å². The zero-order chi connectivity index (χ0) is 16.8. The zero-order valence-electron chi connectivity index (χ0n) is 14.4. The van der Waals surface area contributed by atoms with Crippen LogP contribution in [0.3, 0.4) is 0 Å². The molecule has 1 fully saturated rings. The normalized spacial score (nSPS) is 17.1. The molecule has 0 radical (unpaired) electrons. The Labute approximate surface area is 143 Å². The highest BCUT2D eigenvalue weighted by molar-refractivity contribution is 5.50. The molecule has 0 saturated carbocycles. The Morgan fingerprint density at radius 3 is 2.62 bits per heavy atom. The molecule has 2 heterocycles. The van der Waals surface area contributed by atoms with Gasteiger partial charge in [0.1, 0.15) is 0 Å². The van der Waals surface area contributed by atoms with Crippen molar-refractivity contribution in [2.75, 3.05) is 40.4 Å². The molecule has 1 aromatic carbocycles. The van der Waals surface area contributed by atoms with E-state index in [0.717, 1.165) is 49.7 Å². The van der Waals surface area contributed by atoms with E-state index >= 15 is 0 Å². The minimum atomic E-state index is 0.123. The van der Waals surface area contributed by atoms with E-state index < -0.39 is 0 Å². The molecule has 5 nitrogen and oxygen atoms in total. The summed E-state index contributed by atoms with van der Waals surface area (Å²) in [6.07, 6.45) is 4.84. The van der Waals surface area contributed by atoms with E-state index in [4.69, 9.17) is 9.47 Å². The third-order valence-electron chi connectivity index (χ3n) is 4.49. The van der Waals surface area contributed by atoms with Crippen molar-refractivity contribution < 1.29 is 9.47 Å². The third kappa shape index (κ3) is 3.52. The number of hydrogen-bond donors (Lipinski definition) is 1. The summed E-state index contributed by atoms with van der Waals surface area (Å²) in [6, 6.07) is 10.4. The number of para-hydroxylation sites is 1. The van der Waals surface area contributed by atoms with Crippen LogP contribution in [0.5, 0.6) is 11.5 Å². The molecule has 5 heteroatoms. The summed E-state index contributed by atoms with van der Waals surface area (Å²) in [5.41, 5.74) is 2.35. The summed E-state index contributed by atoms with van der Waals surface area (Å²) in [5.74, 6) is 1.57. The maximum atomic E-state index is 5.71. The number of methoxy groups -OCH3 is 2. The number of aromatic nitrogens is 1. The maximum Gasteiger partial charge on any atom is 0.165 e. The van der Waals surface area contributed by atoms with Gasteiger partial charge in [-0.2, -0.15) is 0 Å². The fourth-order valence-electron chi connectivity index (χ4n) is 3.38. The van der Waals surface area contributed by atoms with Crippen molar-refractivity contribution in [1.82, 2.24) is 15.2 Å². The fourth-order valence-corrected chi connectivity index (χ4v) is 3.38. The average molecular weight is 327 g/mol. The van der Waals surface area contributed by atoms with Crippen LogP contribution in [-0.4, -0.2) is 50.3 Å². The van der Waals surface area contributed by atoms with Gasteiger partial charge in [0.2, 0.25) is 0 Å². The van der Waals surface area contributed by atoms with Gasteiger partial charge in [0, 0.05) is 37.6 Å². The first-order valence-corrected chi connectivity index (χ1v) is 8.40. The molecule has 0 amide bonds. The van der Waals surface area contributed by atoms with Gasteiger partial charge in [0.05, 0.1) is 20.3 Å². The van der Waals surface area contributed by atoms with E-state index in [-0.39, 0.29) is 6.04 Å². The molecule has 0 bridgehead atoms. The summed E-state index contributed by atoms with van der Waals surface area (Å²) in [6.45, 7) is 4.09. The maximum absolute atomic E-state index is 5.71. The number of benzene rings is 1. The van der Waals surface area contributed by atoms with Crippen molar-refractivity contribution in [2.24, 2.45) is 0 Å². The summed E-state index contributed by atoms with van der Waals surface area (Å²) < 4.78 is 11.2. The number of nitrogens with one attached hydrogen (secondary N) is 1. The van der Waals surface area contributed by atoms with E-state index in [9.17, 15) is 0 Å². The van der Waals surface area contributed by atoms with Crippen LogP contribution in [0.1, 0.15) is 23.6 Å². The van der Waals surface area contributed by atoms with Crippen LogP contribution in [0.2, 0.25) is 0 Å². The molecular formula is C19H25N3O2. The van der Waals surface area contributed by atoms with Crippen LogP contribution in [-0.2, 0) is 0 Å². The summed E-state index contributed by atoms with van der Waals surface area (Å²) in [5, 5.41) is 3.48. The monoisotopic (exact) mass is 327 g/mol. The van der Waals surface area contributed by atoms with Crippen molar-refractivity contribution in [2.45, 2.75) is 12.5 Å². The Morgan fingerprint density at radius 2 is 1.88 bits per heavy atom. The molecule has 0 aliphatic carbocycles. The fraction of sp³-hybridized carbons (Fsp3) is 0.421. The van der Waals surface area contributed by atoms with E-state index in [1.807, 2.05) is 24.5 Å². The SMILES string of the molecule is COc1cccc(C(c2ccncc2)N2CCCNCC2)c1OC. The second kappa shape index (κ2) is 8.13. The molecule has 1 unspecified atom stereocenters. The van der Waals surface area contributed by atoms with E-state index in [1.165, 1.54) is 5.56 Å². The summed E-state index contributed by atoms with van der Waals surface area (Å²) >= 11 is 0. The van der Waals surface area contributed by atoms with Crippen LogP contribution in [0.15, 0.2) is 42.7 Å². The number of pyridine rings is 1. The highest BCUT2D eigenvalue weighted by Gasteiger charge is 2.27. The lowest BCUT2D eigenvalue weighted by Gasteiger charge is -2.32. The van der Waals surface area contributed by atoms with Gasteiger partial charge in [-0.3, -0.25) is 9.88 Å². The lowest BCUT2D eigenvalue weighted by molar-refractivity contribution is 0.234. The highest BCUT2D eigenvalue weighted by Crippen LogP contribution is 2.40. The molecule has 3 rings (SSSR count).